The van der Waals surface area contributed by atoms with E-state index in [-0.39, 0.29) is 0 Å². The summed E-state index contributed by atoms with van der Waals surface area (Å²) >= 11 is 0. The molecule has 0 saturated carbocycles. The van der Waals surface area contributed by atoms with E-state index in [1.54, 1.807) is 7.05 Å². The van der Waals surface area contributed by atoms with E-state index >= 15 is 0 Å². The summed E-state index contributed by atoms with van der Waals surface area (Å²) in [6, 6.07) is 0. The minimum Gasteiger partial charge on any atom is -0.356 e. The molecule has 0 radical (unpaired) electrons. The van der Waals surface area contributed by atoms with Gasteiger partial charge in [0, 0.05) is 26.7 Å². The van der Waals surface area contributed by atoms with Crippen molar-refractivity contribution in [2.24, 2.45) is 10.9 Å². The molecule has 0 aromatic rings. The fourth-order valence-electron chi connectivity index (χ4n) is 2.24. The molecule has 1 heterocycles. The highest BCUT2D eigenvalue weighted by atomic mass is 15.2. The molecule has 1 rings (SSSR count). The number of guanidine groups is 1. The van der Waals surface area contributed by atoms with Crippen molar-refractivity contribution in [3.8, 4) is 0 Å². The topological polar surface area (TPSA) is 39.7 Å². The van der Waals surface area contributed by atoms with Gasteiger partial charge < -0.3 is 15.5 Å². The molecule has 0 amide bonds. The second kappa shape index (κ2) is 8.12. The van der Waals surface area contributed by atoms with Crippen LogP contribution in [0.15, 0.2) is 17.6 Å². The fourth-order valence-corrected chi connectivity index (χ4v) is 2.24. The van der Waals surface area contributed by atoms with Gasteiger partial charge in [0.25, 0.3) is 0 Å². The Morgan fingerprint density at radius 2 is 2.35 bits per heavy atom. The van der Waals surface area contributed by atoms with Gasteiger partial charge in [0.1, 0.15) is 0 Å². The highest BCUT2D eigenvalue weighted by molar-refractivity contribution is 5.79. The van der Waals surface area contributed by atoms with Crippen molar-refractivity contribution in [3.63, 3.8) is 0 Å². The predicted octanol–water partition coefficient (Wildman–Crippen LogP) is 1.07. The molecule has 17 heavy (non-hydrogen) atoms. The van der Waals surface area contributed by atoms with Gasteiger partial charge in [-0.05, 0) is 31.8 Å². The van der Waals surface area contributed by atoms with Gasteiger partial charge in [0.05, 0.1) is 0 Å². The molecule has 2 N–H and O–H groups in total. The number of likely N-dealkylation sites (tertiary alicyclic amines) is 1. The van der Waals surface area contributed by atoms with Crippen LogP contribution in [0.3, 0.4) is 0 Å². The van der Waals surface area contributed by atoms with E-state index in [2.05, 4.69) is 34.0 Å². The highest BCUT2D eigenvalue weighted by Crippen LogP contribution is 2.14. The van der Waals surface area contributed by atoms with Gasteiger partial charge in [-0.25, -0.2) is 0 Å². The lowest BCUT2D eigenvalue weighted by Crippen LogP contribution is -2.44. The first-order valence-electron chi connectivity index (χ1n) is 6.57. The van der Waals surface area contributed by atoms with Gasteiger partial charge in [0.2, 0.25) is 0 Å². The maximum absolute atomic E-state index is 4.18. The van der Waals surface area contributed by atoms with Gasteiger partial charge in [-0.15, -0.1) is 6.58 Å². The maximum Gasteiger partial charge on any atom is 0.191 e. The van der Waals surface area contributed by atoms with E-state index < -0.39 is 0 Å². The summed E-state index contributed by atoms with van der Waals surface area (Å²) in [5.74, 6) is 1.62. The Morgan fingerprint density at radius 1 is 1.53 bits per heavy atom. The van der Waals surface area contributed by atoms with Crippen LogP contribution in [0.5, 0.6) is 0 Å². The third-order valence-electron chi connectivity index (χ3n) is 3.25. The molecule has 0 aliphatic carbocycles. The molecule has 4 nitrogen and oxygen atoms in total. The maximum atomic E-state index is 4.18. The smallest absolute Gasteiger partial charge is 0.191 e. The van der Waals surface area contributed by atoms with Crippen molar-refractivity contribution in [1.82, 2.24) is 15.5 Å². The zero-order chi connectivity index (χ0) is 12.5. The lowest BCUT2D eigenvalue weighted by atomic mass is 9.98. The Hall–Kier alpha value is -1.03. The monoisotopic (exact) mass is 238 g/mol. The van der Waals surface area contributed by atoms with Gasteiger partial charge in [-0.2, -0.15) is 0 Å². The fraction of sp³-hybridized carbons (Fsp3) is 0.769. The summed E-state index contributed by atoms with van der Waals surface area (Å²) in [5, 5.41) is 6.57. The summed E-state index contributed by atoms with van der Waals surface area (Å²) < 4.78 is 0. The predicted molar refractivity (Wildman–Crippen MR) is 74.4 cm³/mol. The molecule has 4 heteroatoms. The third-order valence-corrected chi connectivity index (χ3v) is 3.25. The van der Waals surface area contributed by atoms with Crippen LogP contribution in [0.2, 0.25) is 0 Å². The van der Waals surface area contributed by atoms with Gasteiger partial charge in [-0.3, -0.25) is 4.99 Å². The summed E-state index contributed by atoms with van der Waals surface area (Å²) in [6.07, 6.45) is 4.48. The first-order valence-corrected chi connectivity index (χ1v) is 6.57. The molecule has 0 bridgehead atoms. The second-order valence-electron chi connectivity index (χ2n) is 4.52. The minimum atomic E-state index is 0.742. The summed E-state index contributed by atoms with van der Waals surface area (Å²) in [4.78, 5) is 6.71. The molecular weight excluding hydrogens is 212 g/mol. The van der Waals surface area contributed by atoms with Crippen LogP contribution in [0.1, 0.15) is 19.8 Å². The van der Waals surface area contributed by atoms with E-state index in [0.717, 1.165) is 25.0 Å². The lowest BCUT2D eigenvalue weighted by Gasteiger charge is -2.32. The normalized spacial score (nSPS) is 22.2. The number of nitrogens with one attached hydrogen (secondary N) is 2. The first kappa shape index (κ1) is 14.0. The van der Waals surface area contributed by atoms with E-state index in [1.165, 1.54) is 32.5 Å². The molecule has 1 fully saturated rings. The first-order chi connectivity index (χ1) is 8.30. The second-order valence-corrected chi connectivity index (χ2v) is 4.52. The number of nitrogens with zero attached hydrogens (tertiary/aromatic N) is 2. The van der Waals surface area contributed by atoms with E-state index in [9.17, 15) is 0 Å². The van der Waals surface area contributed by atoms with Crippen molar-refractivity contribution in [3.05, 3.63) is 12.7 Å². The Morgan fingerprint density at radius 3 is 3.00 bits per heavy atom. The van der Waals surface area contributed by atoms with E-state index in [1.807, 2.05) is 6.08 Å². The summed E-state index contributed by atoms with van der Waals surface area (Å²) in [6.45, 7) is 11.3. The van der Waals surface area contributed by atoms with Crippen molar-refractivity contribution < 1.29 is 0 Å². The standard InChI is InChI=1S/C13H26N4/c1-4-8-15-13(14-3)16-10-12-7-6-9-17(5-2)11-12/h4,12H,1,5-11H2,2-3H3,(H2,14,15,16). The average molecular weight is 238 g/mol. The van der Waals surface area contributed by atoms with Gasteiger partial charge in [-0.1, -0.05) is 13.0 Å². The molecule has 0 aromatic heterocycles. The number of aliphatic imine (C=N–C) groups is 1. The summed E-state index contributed by atoms with van der Waals surface area (Å²) in [7, 11) is 1.80. The molecule has 0 aromatic carbocycles. The van der Waals surface area contributed by atoms with E-state index in [4.69, 9.17) is 0 Å². The van der Waals surface area contributed by atoms with Crippen LogP contribution >= 0.6 is 0 Å². The molecule has 1 atom stereocenters. The zero-order valence-electron chi connectivity index (χ0n) is 11.2. The number of rotatable bonds is 5. The van der Waals surface area contributed by atoms with Gasteiger partial charge >= 0.3 is 0 Å². The Labute approximate surface area is 105 Å². The van der Waals surface area contributed by atoms with E-state index in [0.29, 0.717) is 0 Å². The van der Waals surface area contributed by atoms with Crippen LogP contribution in [-0.2, 0) is 0 Å². The zero-order valence-corrected chi connectivity index (χ0v) is 11.2. The molecule has 0 spiro atoms. The number of piperidine rings is 1. The molecule has 1 aliphatic heterocycles. The van der Waals surface area contributed by atoms with Crippen LogP contribution in [0.25, 0.3) is 0 Å². The Balaban J connectivity index is 2.26. The molecule has 1 aliphatic rings. The van der Waals surface area contributed by atoms with Crippen LogP contribution in [0, 0.1) is 5.92 Å². The SMILES string of the molecule is C=CCNC(=NC)NCC1CCCN(CC)C1. The number of hydrogen-bond acceptors (Lipinski definition) is 2. The van der Waals surface area contributed by atoms with Crippen molar-refractivity contribution in [2.75, 3.05) is 39.8 Å². The van der Waals surface area contributed by atoms with Crippen LogP contribution in [-0.4, -0.2) is 50.6 Å². The highest BCUT2D eigenvalue weighted by Gasteiger charge is 2.18. The molecule has 1 saturated heterocycles. The van der Waals surface area contributed by atoms with Crippen LogP contribution in [0.4, 0.5) is 0 Å². The number of hydrogen-bond donors (Lipinski definition) is 2. The Bertz CT molecular complexity index is 250. The Kier molecular flexibility index (Phi) is 6.70. The molecule has 1 unspecified atom stereocenters. The van der Waals surface area contributed by atoms with Crippen molar-refractivity contribution in [2.45, 2.75) is 19.8 Å². The largest absolute Gasteiger partial charge is 0.356 e. The van der Waals surface area contributed by atoms with Crippen LogP contribution < -0.4 is 10.6 Å². The minimum absolute atomic E-state index is 0.742. The van der Waals surface area contributed by atoms with Crippen molar-refractivity contribution >= 4 is 5.96 Å². The quantitative estimate of drug-likeness (QED) is 0.427. The molecular formula is C13H26N4. The lowest BCUT2D eigenvalue weighted by molar-refractivity contribution is 0.183. The van der Waals surface area contributed by atoms with Gasteiger partial charge in [0.15, 0.2) is 5.96 Å². The third kappa shape index (κ3) is 5.22. The average Bonchev–Trinajstić information content (AvgIpc) is 2.39. The van der Waals surface area contributed by atoms with Crippen molar-refractivity contribution in [1.29, 1.82) is 0 Å². The molecule has 98 valence electrons. The summed E-state index contributed by atoms with van der Waals surface area (Å²) in [5.41, 5.74) is 0.